The summed E-state index contributed by atoms with van der Waals surface area (Å²) in [7, 11) is 3.22. The second kappa shape index (κ2) is 12.9. The summed E-state index contributed by atoms with van der Waals surface area (Å²) in [5, 5.41) is 9.25. The Morgan fingerprint density at radius 1 is 0.826 bits per heavy atom. The van der Waals surface area contributed by atoms with E-state index in [-0.39, 0.29) is 0 Å². The Balaban J connectivity index is 1.43. The van der Waals surface area contributed by atoms with Crippen molar-refractivity contribution in [1.82, 2.24) is 19.7 Å². The van der Waals surface area contributed by atoms with E-state index in [1.54, 1.807) is 20.4 Å². The highest BCUT2D eigenvalue weighted by molar-refractivity contribution is 5.96. The summed E-state index contributed by atoms with van der Waals surface area (Å²) in [5.41, 5.74) is 4.43. The number of hydrogen-bond acceptors (Lipinski definition) is 9. The summed E-state index contributed by atoms with van der Waals surface area (Å²) < 4.78 is 23.6. The average Bonchev–Trinajstić information content (AvgIpc) is 3.48. The zero-order valence-corrected chi connectivity index (χ0v) is 26.4. The number of carbonyl (C=O) groups is 1. The molecule has 0 saturated heterocycles. The minimum Gasteiger partial charge on any atom is -0.493 e. The Labute approximate surface area is 266 Å². The molecule has 0 unspecified atom stereocenters. The van der Waals surface area contributed by atoms with E-state index < -0.39 is 11.7 Å². The number of anilines is 2. The Bertz CT molecular complexity index is 2020. The zero-order valence-electron chi connectivity index (χ0n) is 26.4. The predicted molar refractivity (Wildman–Crippen MR) is 179 cm³/mol. The van der Waals surface area contributed by atoms with Crippen LogP contribution in [0.15, 0.2) is 91.1 Å². The molecule has 2 heterocycles. The van der Waals surface area contributed by atoms with Crippen molar-refractivity contribution in [3.8, 4) is 34.0 Å². The number of benzene rings is 4. The van der Waals surface area contributed by atoms with Gasteiger partial charge in [0.1, 0.15) is 18.0 Å². The Morgan fingerprint density at radius 3 is 2.37 bits per heavy atom. The van der Waals surface area contributed by atoms with Crippen LogP contribution >= 0.6 is 0 Å². The lowest BCUT2D eigenvalue weighted by atomic mass is 10.0. The molecule has 2 aromatic heterocycles. The van der Waals surface area contributed by atoms with Gasteiger partial charge in [0, 0.05) is 35.2 Å². The quantitative estimate of drug-likeness (QED) is 0.162. The Hall–Kier alpha value is -5.48. The number of fused-ring (bicyclic) bond motifs is 2. The van der Waals surface area contributed by atoms with Gasteiger partial charge in [0.05, 0.1) is 30.9 Å². The highest BCUT2D eigenvalue weighted by Crippen LogP contribution is 2.37. The first kappa shape index (κ1) is 30.5. The summed E-state index contributed by atoms with van der Waals surface area (Å²) >= 11 is 0. The molecule has 4 aromatic carbocycles. The van der Waals surface area contributed by atoms with Gasteiger partial charge in [-0.25, -0.2) is 14.8 Å². The zero-order chi connectivity index (χ0) is 32.3. The minimum atomic E-state index is -0.641. The molecule has 0 atom stereocenters. The van der Waals surface area contributed by atoms with Gasteiger partial charge in [0.2, 0.25) is 0 Å². The van der Waals surface area contributed by atoms with Gasteiger partial charge in [0.15, 0.2) is 17.3 Å². The van der Waals surface area contributed by atoms with Gasteiger partial charge in [-0.05, 0) is 62.2 Å². The van der Waals surface area contributed by atoms with Crippen LogP contribution in [0.1, 0.15) is 20.8 Å². The molecule has 6 aromatic rings. The number of methoxy groups -OCH3 is 2. The second-order valence-corrected chi connectivity index (χ2v) is 11.6. The minimum absolute atomic E-state index is 0.352. The van der Waals surface area contributed by atoms with Crippen molar-refractivity contribution in [2.45, 2.75) is 26.4 Å². The van der Waals surface area contributed by atoms with E-state index in [2.05, 4.69) is 34.7 Å². The lowest BCUT2D eigenvalue weighted by molar-refractivity contribution is 0.0522. The lowest BCUT2D eigenvalue weighted by Crippen LogP contribution is -2.27. The maximum atomic E-state index is 12.7. The Kier molecular flexibility index (Phi) is 8.54. The molecule has 0 radical (unpaired) electrons. The normalized spacial score (nSPS) is 11.5. The summed E-state index contributed by atoms with van der Waals surface area (Å²) in [6, 6.07) is 27.6. The summed E-state index contributed by atoms with van der Waals surface area (Å²) in [6.45, 7) is 6.24. The van der Waals surface area contributed by atoms with E-state index in [1.807, 2.05) is 81.4 Å². The van der Waals surface area contributed by atoms with E-state index in [4.69, 9.17) is 28.9 Å². The summed E-state index contributed by atoms with van der Waals surface area (Å²) in [5.74, 6) is 2.21. The highest BCUT2D eigenvalue weighted by atomic mass is 16.6. The van der Waals surface area contributed by atoms with Gasteiger partial charge in [-0.1, -0.05) is 48.5 Å². The second-order valence-electron chi connectivity index (χ2n) is 11.6. The standard InChI is InChI=1S/C36H35N5O5/c1-36(2,3)46-35(42)41-30-15-14-27(19-26(30)22-37-41)38-34-28-20-32(45-17-16-43-4)31(44-5)21-29(28)39-33(40-34)25-13-9-12-24(18-25)23-10-7-6-8-11-23/h6-15,18-22H,16-17H2,1-5H3,(H,38,39,40). The molecule has 1 N–H and O–H groups in total. The molecule has 0 aliphatic rings. The molecular weight excluding hydrogens is 582 g/mol. The van der Waals surface area contributed by atoms with Crippen molar-refractivity contribution in [1.29, 1.82) is 0 Å². The number of nitrogens with one attached hydrogen (secondary N) is 1. The van der Waals surface area contributed by atoms with Crippen LogP contribution < -0.4 is 14.8 Å². The number of carbonyl (C=O) groups excluding carboxylic acids is 1. The number of ether oxygens (including phenoxy) is 4. The first-order chi connectivity index (χ1) is 22.2. The van der Waals surface area contributed by atoms with E-state index in [0.717, 1.165) is 33.2 Å². The third-order valence-electron chi connectivity index (χ3n) is 7.15. The van der Waals surface area contributed by atoms with Gasteiger partial charge in [-0.3, -0.25) is 0 Å². The van der Waals surface area contributed by atoms with Crippen LogP contribution in [0.4, 0.5) is 16.3 Å². The molecule has 234 valence electrons. The van der Waals surface area contributed by atoms with Crippen molar-refractivity contribution in [3.05, 3.63) is 91.1 Å². The first-order valence-electron chi connectivity index (χ1n) is 14.9. The average molecular weight is 618 g/mol. The van der Waals surface area contributed by atoms with E-state index in [9.17, 15) is 4.79 Å². The van der Waals surface area contributed by atoms with Gasteiger partial charge >= 0.3 is 6.09 Å². The molecule has 0 spiro atoms. The van der Waals surface area contributed by atoms with Gasteiger partial charge in [-0.15, -0.1) is 0 Å². The molecule has 0 aliphatic carbocycles. The maximum Gasteiger partial charge on any atom is 0.435 e. The van der Waals surface area contributed by atoms with Gasteiger partial charge < -0.3 is 24.3 Å². The van der Waals surface area contributed by atoms with Crippen LogP contribution in [0.2, 0.25) is 0 Å². The molecular formula is C36H35N5O5. The third kappa shape index (κ3) is 6.62. The molecule has 0 amide bonds. The van der Waals surface area contributed by atoms with Crippen molar-refractivity contribution in [2.75, 3.05) is 32.8 Å². The molecule has 0 bridgehead atoms. The summed E-state index contributed by atoms with van der Waals surface area (Å²) in [4.78, 5) is 22.7. The van der Waals surface area contributed by atoms with Crippen LogP contribution in [0.3, 0.4) is 0 Å². The topological polar surface area (TPSA) is 110 Å². The number of aromatic nitrogens is 4. The smallest absolute Gasteiger partial charge is 0.435 e. The third-order valence-corrected chi connectivity index (χ3v) is 7.15. The molecule has 0 aliphatic heterocycles. The van der Waals surface area contributed by atoms with Crippen molar-refractivity contribution in [2.24, 2.45) is 0 Å². The molecule has 46 heavy (non-hydrogen) atoms. The van der Waals surface area contributed by atoms with E-state index in [1.165, 1.54) is 4.68 Å². The van der Waals surface area contributed by atoms with E-state index >= 15 is 0 Å². The number of nitrogens with zero attached hydrogens (tertiary/aromatic N) is 4. The van der Waals surface area contributed by atoms with Crippen LogP contribution in [-0.4, -0.2) is 58.9 Å². The van der Waals surface area contributed by atoms with Crippen molar-refractivity contribution >= 4 is 39.4 Å². The van der Waals surface area contributed by atoms with Crippen molar-refractivity contribution in [3.63, 3.8) is 0 Å². The fourth-order valence-corrected chi connectivity index (χ4v) is 5.03. The van der Waals surface area contributed by atoms with Crippen LogP contribution in [-0.2, 0) is 9.47 Å². The van der Waals surface area contributed by atoms with Gasteiger partial charge in [0.25, 0.3) is 0 Å². The fraction of sp³-hybridized carbons (Fsp3) is 0.222. The van der Waals surface area contributed by atoms with Gasteiger partial charge in [-0.2, -0.15) is 9.78 Å². The Morgan fingerprint density at radius 2 is 1.61 bits per heavy atom. The van der Waals surface area contributed by atoms with E-state index in [0.29, 0.717) is 47.4 Å². The fourth-order valence-electron chi connectivity index (χ4n) is 5.03. The van der Waals surface area contributed by atoms with Crippen molar-refractivity contribution < 1.29 is 23.7 Å². The molecule has 0 saturated carbocycles. The van der Waals surface area contributed by atoms with Crippen LogP contribution in [0, 0.1) is 0 Å². The lowest BCUT2D eigenvalue weighted by Gasteiger charge is -2.19. The monoisotopic (exact) mass is 617 g/mol. The first-order valence-corrected chi connectivity index (χ1v) is 14.9. The largest absolute Gasteiger partial charge is 0.493 e. The highest BCUT2D eigenvalue weighted by Gasteiger charge is 2.21. The maximum absolute atomic E-state index is 12.7. The molecule has 0 fully saturated rings. The molecule has 10 heteroatoms. The molecule has 6 rings (SSSR count). The summed E-state index contributed by atoms with van der Waals surface area (Å²) in [6.07, 6.45) is 1.10. The predicted octanol–water partition coefficient (Wildman–Crippen LogP) is 7.87. The SMILES string of the molecule is COCCOc1cc2c(Nc3ccc4c(cnn4C(=O)OC(C)(C)C)c3)nc(-c3cccc(-c4ccccc4)c3)nc2cc1OC. The molecule has 10 nitrogen and oxygen atoms in total. The number of rotatable bonds is 9. The van der Waals surface area contributed by atoms with Crippen LogP contribution in [0.5, 0.6) is 11.5 Å². The number of hydrogen-bond donors (Lipinski definition) is 1. The van der Waals surface area contributed by atoms with Crippen LogP contribution in [0.25, 0.3) is 44.3 Å².